The second kappa shape index (κ2) is 4.15. The SMILES string of the molecule is O=C1CC(O)CN1[C@H]1CCCc2ccccc21. The summed E-state index contributed by atoms with van der Waals surface area (Å²) in [6.45, 7) is 0.498. The minimum absolute atomic E-state index is 0.0965. The molecule has 17 heavy (non-hydrogen) atoms. The average Bonchev–Trinajstić information content (AvgIpc) is 2.68. The van der Waals surface area contributed by atoms with E-state index in [4.69, 9.17) is 0 Å². The number of benzene rings is 1. The van der Waals surface area contributed by atoms with Crippen molar-refractivity contribution in [3.05, 3.63) is 35.4 Å². The van der Waals surface area contributed by atoms with Gasteiger partial charge in [-0.2, -0.15) is 0 Å². The van der Waals surface area contributed by atoms with E-state index in [-0.39, 0.29) is 11.9 Å². The van der Waals surface area contributed by atoms with Crippen LogP contribution >= 0.6 is 0 Å². The van der Waals surface area contributed by atoms with Crippen molar-refractivity contribution in [2.75, 3.05) is 6.54 Å². The molecule has 1 N–H and O–H groups in total. The number of aryl methyl sites for hydroxylation is 1. The smallest absolute Gasteiger partial charge is 0.225 e. The van der Waals surface area contributed by atoms with Crippen molar-refractivity contribution in [3.8, 4) is 0 Å². The third kappa shape index (κ3) is 1.84. The van der Waals surface area contributed by atoms with Gasteiger partial charge in [0.05, 0.1) is 18.6 Å². The van der Waals surface area contributed by atoms with Gasteiger partial charge in [0.2, 0.25) is 5.91 Å². The molecule has 90 valence electrons. The number of β-amino-alcohol motifs (C(OH)–C–C–N with tert-alkyl or cyclic N) is 1. The molecule has 3 rings (SSSR count). The van der Waals surface area contributed by atoms with Gasteiger partial charge in [0, 0.05) is 6.54 Å². The fourth-order valence-electron chi connectivity index (χ4n) is 3.07. The Labute approximate surface area is 101 Å². The summed E-state index contributed by atoms with van der Waals surface area (Å²) in [6.07, 6.45) is 3.07. The molecule has 0 saturated carbocycles. The van der Waals surface area contributed by atoms with Crippen LogP contribution < -0.4 is 0 Å². The summed E-state index contributed by atoms with van der Waals surface area (Å²) in [7, 11) is 0. The lowest BCUT2D eigenvalue weighted by atomic mass is 9.87. The largest absolute Gasteiger partial charge is 0.391 e. The number of carbonyl (C=O) groups is 1. The molecule has 1 heterocycles. The summed E-state index contributed by atoms with van der Waals surface area (Å²) in [5.74, 6) is 0.0965. The van der Waals surface area contributed by atoms with Crippen LogP contribution in [-0.4, -0.2) is 28.6 Å². The molecule has 3 heteroatoms. The average molecular weight is 231 g/mol. The molecule has 0 radical (unpaired) electrons. The molecule has 1 aromatic rings. The van der Waals surface area contributed by atoms with Crippen LogP contribution in [0.4, 0.5) is 0 Å². The number of nitrogens with zero attached hydrogens (tertiary/aromatic N) is 1. The highest BCUT2D eigenvalue weighted by Gasteiger charge is 2.35. The van der Waals surface area contributed by atoms with E-state index in [1.807, 2.05) is 11.0 Å². The summed E-state index contributed by atoms with van der Waals surface area (Å²) in [4.78, 5) is 13.7. The van der Waals surface area contributed by atoms with Crippen molar-refractivity contribution in [1.82, 2.24) is 4.90 Å². The third-order valence-corrected chi connectivity index (χ3v) is 3.85. The topological polar surface area (TPSA) is 40.5 Å². The predicted molar refractivity (Wildman–Crippen MR) is 64.5 cm³/mol. The lowest BCUT2D eigenvalue weighted by Gasteiger charge is -2.33. The van der Waals surface area contributed by atoms with Crippen molar-refractivity contribution < 1.29 is 9.90 Å². The molecule has 1 fully saturated rings. The van der Waals surface area contributed by atoms with Gasteiger partial charge in [-0.1, -0.05) is 24.3 Å². The molecule has 1 saturated heterocycles. The Bertz CT molecular complexity index is 444. The van der Waals surface area contributed by atoms with Crippen molar-refractivity contribution >= 4 is 5.91 Å². The van der Waals surface area contributed by atoms with Gasteiger partial charge in [0.25, 0.3) is 0 Å². The van der Waals surface area contributed by atoms with Crippen LogP contribution in [0.25, 0.3) is 0 Å². The highest BCUT2D eigenvalue weighted by atomic mass is 16.3. The molecule has 2 atom stereocenters. The number of aliphatic hydroxyl groups is 1. The van der Waals surface area contributed by atoms with Gasteiger partial charge in [0.1, 0.15) is 0 Å². The third-order valence-electron chi connectivity index (χ3n) is 3.85. The van der Waals surface area contributed by atoms with Crippen molar-refractivity contribution in [2.45, 2.75) is 37.8 Å². The standard InChI is InChI=1S/C14H17NO2/c16-11-8-14(17)15(9-11)13-7-3-5-10-4-1-2-6-12(10)13/h1-2,4,6,11,13,16H,3,5,7-9H2/t11?,13-/m0/s1. The molecule has 1 unspecified atom stereocenters. The molecule has 1 aliphatic heterocycles. The van der Waals surface area contributed by atoms with Crippen LogP contribution in [0, 0.1) is 0 Å². The van der Waals surface area contributed by atoms with E-state index in [0.29, 0.717) is 13.0 Å². The Hall–Kier alpha value is -1.35. The molecule has 0 bridgehead atoms. The van der Waals surface area contributed by atoms with E-state index in [0.717, 1.165) is 19.3 Å². The maximum absolute atomic E-state index is 11.9. The predicted octanol–water partition coefficient (Wildman–Crippen LogP) is 1.66. The van der Waals surface area contributed by atoms with Crippen LogP contribution in [0.5, 0.6) is 0 Å². The highest BCUT2D eigenvalue weighted by Crippen LogP contribution is 2.36. The van der Waals surface area contributed by atoms with Gasteiger partial charge in [-0.15, -0.1) is 0 Å². The van der Waals surface area contributed by atoms with E-state index in [1.165, 1.54) is 11.1 Å². The number of fused-ring (bicyclic) bond motifs is 1. The van der Waals surface area contributed by atoms with Crippen LogP contribution in [0.1, 0.15) is 36.4 Å². The highest BCUT2D eigenvalue weighted by molar-refractivity contribution is 5.79. The molecule has 1 aliphatic carbocycles. The first-order valence-electron chi connectivity index (χ1n) is 6.31. The van der Waals surface area contributed by atoms with Gasteiger partial charge in [0.15, 0.2) is 0 Å². The van der Waals surface area contributed by atoms with Crippen molar-refractivity contribution in [3.63, 3.8) is 0 Å². The number of likely N-dealkylation sites (tertiary alicyclic amines) is 1. The van der Waals surface area contributed by atoms with Crippen LogP contribution in [0.2, 0.25) is 0 Å². The quantitative estimate of drug-likeness (QED) is 0.798. The minimum atomic E-state index is -0.475. The lowest BCUT2D eigenvalue weighted by molar-refractivity contribution is -0.130. The second-order valence-corrected chi connectivity index (χ2v) is 5.01. The zero-order valence-electron chi connectivity index (χ0n) is 9.80. The first-order chi connectivity index (χ1) is 8.25. The Kier molecular flexibility index (Phi) is 2.63. The molecular weight excluding hydrogens is 214 g/mol. The number of hydrogen-bond donors (Lipinski definition) is 1. The van der Waals surface area contributed by atoms with Crippen LogP contribution in [-0.2, 0) is 11.2 Å². The number of aliphatic hydroxyl groups excluding tert-OH is 1. The first-order valence-corrected chi connectivity index (χ1v) is 6.31. The second-order valence-electron chi connectivity index (χ2n) is 5.01. The maximum atomic E-state index is 11.9. The molecule has 1 aromatic carbocycles. The van der Waals surface area contributed by atoms with E-state index in [1.54, 1.807) is 0 Å². The van der Waals surface area contributed by atoms with Crippen molar-refractivity contribution in [2.24, 2.45) is 0 Å². The Morgan fingerprint density at radius 1 is 1.29 bits per heavy atom. The minimum Gasteiger partial charge on any atom is -0.391 e. The van der Waals surface area contributed by atoms with E-state index in [2.05, 4.69) is 18.2 Å². The van der Waals surface area contributed by atoms with E-state index >= 15 is 0 Å². The zero-order valence-corrected chi connectivity index (χ0v) is 9.80. The summed E-state index contributed by atoms with van der Waals surface area (Å²) >= 11 is 0. The molecular formula is C14H17NO2. The fourth-order valence-corrected chi connectivity index (χ4v) is 3.07. The summed E-state index contributed by atoms with van der Waals surface area (Å²) < 4.78 is 0. The van der Waals surface area contributed by atoms with Crippen molar-refractivity contribution in [1.29, 1.82) is 0 Å². The first kappa shape index (κ1) is 10.8. The van der Waals surface area contributed by atoms with Crippen LogP contribution in [0.15, 0.2) is 24.3 Å². The van der Waals surface area contributed by atoms with Gasteiger partial charge in [-0.05, 0) is 30.4 Å². The summed E-state index contributed by atoms with van der Waals surface area (Å²) in [6, 6.07) is 8.55. The fraction of sp³-hybridized carbons (Fsp3) is 0.500. The molecule has 2 aliphatic rings. The molecule has 1 amide bonds. The molecule has 0 aromatic heterocycles. The number of rotatable bonds is 1. The van der Waals surface area contributed by atoms with Gasteiger partial charge < -0.3 is 10.0 Å². The number of carbonyl (C=O) groups excluding carboxylic acids is 1. The van der Waals surface area contributed by atoms with Gasteiger partial charge in [-0.3, -0.25) is 4.79 Å². The molecule has 0 spiro atoms. The van der Waals surface area contributed by atoms with E-state index in [9.17, 15) is 9.90 Å². The van der Waals surface area contributed by atoms with Gasteiger partial charge >= 0.3 is 0 Å². The monoisotopic (exact) mass is 231 g/mol. The number of amides is 1. The Morgan fingerprint density at radius 2 is 2.12 bits per heavy atom. The maximum Gasteiger partial charge on any atom is 0.225 e. The van der Waals surface area contributed by atoms with E-state index < -0.39 is 6.10 Å². The summed E-state index contributed by atoms with van der Waals surface area (Å²) in [5.41, 5.74) is 2.64. The van der Waals surface area contributed by atoms with Gasteiger partial charge in [-0.25, -0.2) is 0 Å². The lowest BCUT2D eigenvalue weighted by Crippen LogP contribution is -2.33. The summed E-state index contributed by atoms with van der Waals surface area (Å²) in [5, 5.41) is 9.59. The Morgan fingerprint density at radius 3 is 2.88 bits per heavy atom. The normalized spacial score (nSPS) is 28.3. The zero-order chi connectivity index (χ0) is 11.8. The van der Waals surface area contributed by atoms with Crippen LogP contribution in [0.3, 0.4) is 0 Å². The number of hydrogen-bond acceptors (Lipinski definition) is 2. The molecule has 3 nitrogen and oxygen atoms in total. The Balaban J connectivity index is 1.93.